The summed E-state index contributed by atoms with van der Waals surface area (Å²) in [4.78, 5) is 25.0. The highest BCUT2D eigenvalue weighted by atomic mass is 16.3. The molecule has 80 valence electrons. The van der Waals surface area contributed by atoms with Gasteiger partial charge in [-0.15, -0.1) is 0 Å². The van der Waals surface area contributed by atoms with Crippen LogP contribution in [-0.2, 0) is 0 Å². The molecule has 1 heterocycles. The van der Waals surface area contributed by atoms with Crippen LogP contribution in [-0.4, -0.2) is 22.2 Å². The van der Waals surface area contributed by atoms with Crippen molar-refractivity contribution in [1.29, 1.82) is 0 Å². The fraction of sp³-hybridized carbons (Fsp3) is 0. The van der Waals surface area contributed by atoms with Gasteiger partial charge in [-0.05, 0) is 30.3 Å². The van der Waals surface area contributed by atoms with E-state index < -0.39 is 0 Å². The number of rotatable bonds is 3. The van der Waals surface area contributed by atoms with Gasteiger partial charge in [0.2, 0.25) is 0 Å². The monoisotopic (exact) mass is 215 g/mol. The van der Waals surface area contributed by atoms with Crippen LogP contribution >= 0.6 is 0 Å². The minimum Gasteiger partial charge on any atom is -0.508 e. The molecule has 2 aromatic rings. The molecule has 0 spiro atoms. The number of phenolic OH excluding ortho intramolecular Hbond substituents is 1. The number of aromatic hydroxyl groups is 1. The molecule has 0 bridgehead atoms. The second-order valence-corrected chi connectivity index (χ2v) is 3.34. The Labute approximate surface area is 91.5 Å². The summed E-state index contributed by atoms with van der Waals surface area (Å²) in [6.45, 7) is 0. The minimum absolute atomic E-state index is 0.110. The average molecular weight is 215 g/mol. The van der Waals surface area contributed by atoms with E-state index in [-0.39, 0.29) is 11.5 Å². The van der Waals surface area contributed by atoms with Crippen LogP contribution in [0.25, 0.3) is 0 Å². The Hall–Kier alpha value is -2.36. The maximum absolute atomic E-state index is 11.9. The third kappa shape index (κ3) is 1.86. The molecule has 0 radical (unpaired) electrons. The summed E-state index contributed by atoms with van der Waals surface area (Å²) in [7, 11) is 0. The molecule has 0 atom stereocenters. The van der Waals surface area contributed by atoms with E-state index in [0.29, 0.717) is 23.1 Å². The molecule has 2 N–H and O–H groups in total. The van der Waals surface area contributed by atoms with E-state index in [0.717, 1.165) is 0 Å². The van der Waals surface area contributed by atoms with E-state index >= 15 is 0 Å². The first-order valence-electron chi connectivity index (χ1n) is 4.68. The fourth-order valence-electron chi connectivity index (χ4n) is 1.39. The second kappa shape index (κ2) is 4.02. The molecular weight excluding hydrogens is 206 g/mol. The molecule has 0 aliphatic rings. The van der Waals surface area contributed by atoms with Gasteiger partial charge in [-0.3, -0.25) is 9.59 Å². The second-order valence-electron chi connectivity index (χ2n) is 3.34. The number of phenols is 1. The van der Waals surface area contributed by atoms with Gasteiger partial charge in [0.1, 0.15) is 5.75 Å². The molecule has 4 nitrogen and oxygen atoms in total. The van der Waals surface area contributed by atoms with Crippen LogP contribution in [0.2, 0.25) is 0 Å². The van der Waals surface area contributed by atoms with Crippen molar-refractivity contribution in [1.82, 2.24) is 4.98 Å². The lowest BCUT2D eigenvalue weighted by molar-refractivity contribution is 0.103. The molecule has 2 rings (SSSR count). The van der Waals surface area contributed by atoms with E-state index in [1.165, 1.54) is 36.5 Å². The topological polar surface area (TPSA) is 70.2 Å². The summed E-state index contributed by atoms with van der Waals surface area (Å²) < 4.78 is 0. The molecule has 1 aromatic heterocycles. The molecule has 0 amide bonds. The van der Waals surface area contributed by atoms with E-state index in [1.807, 2.05) is 0 Å². The normalized spacial score (nSPS) is 10.0. The highest BCUT2D eigenvalue weighted by Gasteiger charge is 2.10. The Bertz CT molecular complexity index is 525. The number of benzene rings is 1. The van der Waals surface area contributed by atoms with Crippen LogP contribution in [0.5, 0.6) is 5.75 Å². The number of aromatic amines is 1. The van der Waals surface area contributed by atoms with Crippen molar-refractivity contribution in [3.8, 4) is 5.75 Å². The van der Waals surface area contributed by atoms with Gasteiger partial charge in [0, 0.05) is 17.3 Å². The molecule has 4 heteroatoms. The molecule has 0 aliphatic carbocycles. The summed E-state index contributed by atoms with van der Waals surface area (Å²) in [5.41, 5.74) is 1.25. The zero-order valence-electron chi connectivity index (χ0n) is 8.31. The first-order chi connectivity index (χ1) is 7.70. The average Bonchev–Trinajstić information content (AvgIpc) is 2.77. The van der Waals surface area contributed by atoms with Gasteiger partial charge in [0.05, 0.1) is 5.69 Å². The number of aldehydes is 1. The van der Waals surface area contributed by atoms with E-state index in [2.05, 4.69) is 4.98 Å². The summed E-state index contributed by atoms with van der Waals surface area (Å²) in [6.07, 6.45) is 2.13. The van der Waals surface area contributed by atoms with E-state index in [4.69, 9.17) is 5.11 Å². The van der Waals surface area contributed by atoms with Crippen molar-refractivity contribution in [2.24, 2.45) is 0 Å². The first kappa shape index (κ1) is 10.2. The molecule has 16 heavy (non-hydrogen) atoms. The number of aromatic nitrogens is 1. The van der Waals surface area contributed by atoms with Crippen LogP contribution in [0, 0.1) is 0 Å². The van der Waals surface area contributed by atoms with Crippen LogP contribution in [0.15, 0.2) is 36.5 Å². The van der Waals surface area contributed by atoms with Crippen molar-refractivity contribution in [2.45, 2.75) is 0 Å². The van der Waals surface area contributed by atoms with Gasteiger partial charge >= 0.3 is 0 Å². The van der Waals surface area contributed by atoms with Crippen molar-refractivity contribution >= 4 is 12.1 Å². The molecule has 0 saturated carbocycles. The summed E-state index contributed by atoms with van der Waals surface area (Å²) in [6, 6.07) is 7.44. The van der Waals surface area contributed by atoms with Gasteiger partial charge in [-0.2, -0.15) is 0 Å². The minimum atomic E-state index is -0.190. The number of nitrogens with one attached hydrogen (secondary N) is 1. The van der Waals surface area contributed by atoms with Crippen molar-refractivity contribution in [3.05, 3.63) is 53.3 Å². The van der Waals surface area contributed by atoms with Crippen LogP contribution in [0.3, 0.4) is 0 Å². The van der Waals surface area contributed by atoms with Crippen LogP contribution < -0.4 is 0 Å². The summed E-state index contributed by atoms with van der Waals surface area (Å²) in [5.74, 6) is -0.0800. The van der Waals surface area contributed by atoms with Gasteiger partial charge in [-0.1, -0.05) is 0 Å². The number of hydrogen-bond acceptors (Lipinski definition) is 3. The molecule has 1 aromatic carbocycles. The number of hydrogen-bond donors (Lipinski definition) is 2. The Morgan fingerprint density at radius 1 is 1.19 bits per heavy atom. The lowest BCUT2D eigenvalue weighted by Gasteiger charge is -1.97. The van der Waals surface area contributed by atoms with E-state index in [9.17, 15) is 9.59 Å². The quantitative estimate of drug-likeness (QED) is 0.605. The summed E-state index contributed by atoms with van der Waals surface area (Å²) >= 11 is 0. The van der Waals surface area contributed by atoms with Crippen LogP contribution in [0.4, 0.5) is 0 Å². The molecule has 0 aliphatic heterocycles. The van der Waals surface area contributed by atoms with Gasteiger partial charge < -0.3 is 10.1 Å². The van der Waals surface area contributed by atoms with Crippen molar-refractivity contribution in [3.63, 3.8) is 0 Å². The zero-order chi connectivity index (χ0) is 11.5. The third-order valence-corrected chi connectivity index (χ3v) is 2.22. The largest absolute Gasteiger partial charge is 0.508 e. The number of carbonyl (C=O) groups is 2. The molecule has 0 unspecified atom stereocenters. The Kier molecular flexibility index (Phi) is 2.55. The smallest absolute Gasteiger partial charge is 0.194 e. The van der Waals surface area contributed by atoms with E-state index in [1.54, 1.807) is 0 Å². The predicted octanol–water partition coefficient (Wildman–Crippen LogP) is 1.76. The standard InChI is InChI=1S/C12H9NO3/c14-7-10-5-9(6-13-10)12(16)8-1-3-11(15)4-2-8/h1-7,13,15H. The molecule has 0 fully saturated rings. The van der Waals surface area contributed by atoms with Gasteiger partial charge in [-0.25, -0.2) is 0 Å². The van der Waals surface area contributed by atoms with Gasteiger partial charge in [0.25, 0.3) is 0 Å². The van der Waals surface area contributed by atoms with Crippen molar-refractivity contribution < 1.29 is 14.7 Å². The van der Waals surface area contributed by atoms with Crippen LogP contribution in [0.1, 0.15) is 26.4 Å². The molecule has 0 saturated heterocycles. The number of ketones is 1. The zero-order valence-corrected chi connectivity index (χ0v) is 8.31. The third-order valence-electron chi connectivity index (χ3n) is 2.22. The maximum atomic E-state index is 11.9. The number of carbonyl (C=O) groups excluding carboxylic acids is 2. The first-order valence-corrected chi connectivity index (χ1v) is 4.68. The Morgan fingerprint density at radius 3 is 2.44 bits per heavy atom. The van der Waals surface area contributed by atoms with Gasteiger partial charge in [0.15, 0.2) is 12.1 Å². The molecular formula is C12H9NO3. The SMILES string of the molecule is O=Cc1cc(C(=O)c2ccc(O)cc2)c[nH]1. The maximum Gasteiger partial charge on any atom is 0.194 e. The highest BCUT2D eigenvalue weighted by molar-refractivity contribution is 6.09. The Morgan fingerprint density at radius 2 is 1.88 bits per heavy atom. The Balaban J connectivity index is 2.31. The lowest BCUT2D eigenvalue weighted by Crippen LogP contribution is -1.98. The van der Waals surface area contributed by atoms with Crippen molar-refractivity contribution in [2.75, 3.05) is 0 Å². The fourth-order valence-corrected chi connectivity index (χ4v) is 1.39. The predicted molar refractivity (Wildman–Crippen MR) is 57.7 cm³/mol. The number of H-pyrrole nitrogens is 1. The summed E-state index contributed by atoms with van der Waals surface area (Å²) in [5, 5.41) is 9.09. The lowest BCUT2D eigenvalue weighted by atomic mass is 10.1. The highest BCUT2D eigenvalue weighted by Crippen LogP contribution is 2.14.